The van der Waals surface area contributed by atoms with E-state index in [2.05, 4.69) is 5.32 Å². The minimum atomic E-state index is -0.163. The first-order chi connectivity index (χ1) is 5.74. The van der Waals surface area contributed by atoms with Crippen LogP contribution >= 0.6 is 0 Å². The lowest BCUT2D eigenvalue weighted by atomic mass is 9.85. The van der Waals surface area contributed by atoms with Crippen LogP contribution in [0.3, 0.4) is 0 Å². The van der Waals surface area contributed by atoms with Gasteiger partial charge in [-0.05, 0) is 32.7 Å². The van der Waals surface area contributed by atoms with Gasteiger partial charge in [-0.3, -0.25) is 4.79 Å². The van der Waals surface area contributed by atoms with Crippen LogP contribution < -0.4 is 5.32 Å². The minimum absolute atomic E-state index is 0.163. The van der Waals surface area contributed by atoms with Crippen LogP contribution in [-0.2, 0) is 4.79 Å². The fraction of sp³-hybridized carbons (Fsp3) is 0.889. The molecule has 1 fully saturated rings. The zero-order valence-electron chi connectivity index (χ0n) is 7.55. The van der Waals surface area contributed by atoms with Crippen LogP contribution in [0.25, 0.3) is 0 Å². The first-order valence-electron chi connectivity index (χ1n) is 4.59. The lowest BCUT2D eigenvalue weighted by molar-refractivity contribution is -0.123. The summed E-state index contributed by atoms with van der Waals surface area (Å²) in [6.45, 7) is 0.473. The molecule has 0 aromatic rings. The molecule has 1 rings (SSSR count). The van der Waals surface area contributed by atoms with E-state index < -0.39 is 0 Å². The molecule has 1 aliphatic carbocycles. The van der Waals surface area contributed by atoms with E-state index in [9.17, 15) is 9.90 Å². The highest BCUT2D eigenvalue weighted by molar-refractivity contribution is 5.82. The summed E-state index contributed by atoms with van der Waals surface area (Å²) in [4.78, 5) is 11.4. The van der Waals surface area contributed by atoms with Crippen molar-refractivity contribution in [1.29, 1.82) is 0 Å². The molecule has 0 atom stereocenters. The number of likely N-dealkylation sites (N-methyl/N-ethyl adjacent to an activating group) is 1. The second-order valence-corrected chi connectivity index (χ2v) is 3.50. The van der Waals surface area contributed by atoms with Gasteiger partial charge in [0, 0.05) is 5.92 Å². The van der Waals surface area contributed by atoms with Crippen molar-refractivity contribution in [2.75, 3.05) is 13.6 Å². The number of ketones is 1. The normalized spacial score (nSPS) is 30.2. The number of Topliss-reactive ketones (excluding diaryl/α,β-unsaturated/α-hetero) is 1. The number of carbonyl (C=O) groups is 1. The van der Waals surface area contributed by atoms with Crippen molar-refractivity contribution < 1.29 is 9.90 Å². The van der Waals surface area contributed by atoms with Crippen LogP contribution in [0, 0.1) is 5.92 Å². The van der Waals surface area contributed by atoms with E-state index in [4.69, 9.17) is 0 Å². The fourth-order valence-corrected chi connectivity index (χ4v) is 1.72. The maximum Gasteiger partial charge on any atom is 0.149 e. The molecule has 0 unspecified atom stereocenters. The van der Waals surface area contributed by atoms with Gasteiger partial charge in [-0.2, -0.15) is 0 Å². The molecular weight excluding hydrogens is 154 g/mol. The summed E-state index contributed by atoms with van der Waals surface area (Å²) in [7, 11) is 1.79. The van der Waals surface area contributed by atoms with E-state index in [1.807, 2.05) is 0 Å². The fourth-order valence-electron chi connectivity index (χ4n) is 1.72. The van der Waals surface area contributed by atoms with E-state index >= 15 is 0 Å². The summed E-state index contributed by atoms with van der Waals surface area (Å²) < 4.78 is 0. The largest absolute Gasteiger partial charge is 0.393 e. The van der Waals surface area contributed by atoms with E-state index in [0.29, 0.717) is 12.3 Å². The molecule has 0 radical (unpaired) electrons. The number of hydrogen-bond donors (Lipinski definition) is 2. The van der Waals surface area contributed by atoms with Gasteiger partial charge in [-0.1, -0.05) is 0 Å². The minimum Gasteiger partial charge on any atom is -0.393 e. The Balaban J connectivity index is 2.29. The molecular formula is C9H17NO2. The van der Waals surface area contributed by atoms with Gasteiger partial charge in [-0.25, -0.2) is 0 Å². The van der Waals surface area contributed by atoms with Crippen molar-refractivity contribution in [3.05, 3.63) is 0 Å². The highest BCUT2D eigenvalue weighted by Crippen LogP contribution is 2.24. The van der Waals surface area contributed by atoms with Gasteiger partial charge in [0.15, 0.2) is 0 Å². The Bertz CT molecular complexity index is 151. The molecule has 0 spiro atoms. The van der Waals surface area contributed by atoms with Crippen LogP contribution in [0.2, 0.25) is 0 Å². The molecule has 0 aromatic carbocycles. The second-order valence-electron chi connectivity index (χ2n) is 3.50. The monoisotopic (exact) mass is 171 g/mol. The van der Waals surface area contributed by atoms with Gasteiger partial charge in [0.1, 0.15) is 5.78 Å². The lowest BCUT2D eigenvalue weighted by Gasteiger charge is -2.23. The van der Waals surface area contributed by atoms with Crippen LogP contribution in [-0.4, -0.2) is 30.6 Å². The Morgan fingerprint density at radius 3 is 2.50 bits per heavy atom. The molecule has 2 N–H and O–H groups in total. The maximum absolute atomic E-state index is 11.4. The molecule has 12 heavy (non-hydrogen) atoms. The Labute approximate surface area is 73.2 Å². The molecule has 0 aromatic heterocycles. The van der Waals surface area contributed by atoms with Gasteiger partial charge in [0.25, 0.3) is 0 Å². The molecule has 70 valence electrons. The summed E-state index contributed by atoms with van der Waals surface area (Å²) in [6.07, 6.45) is 3.15. The molecule has 0 saturated heterocycles. The average molecular weight is 171 g/mol. The van der Waals surface area contributed by atoms with E-state index in [1.54, 1.807) is 7.05 Å². The summed E-state index contributed by atoms with van der Waals surface area (Å²) in [5.41, 5.74) is 0. The highest BCUT2D eigenvalue weighted by Gasteiger charge is 2.24. The highest BCUT2D eigenvalue weighted by atomic mass is 16.3. The third kappa shape index (κ3) is 2.57. The zero-order valence-corrected chi connectivity index (χ0v) is 7.55. The van der Waals surface area contributed by atoms with E-state index in [-0.39, 0.29) is 12.0 Å². The first kappa shape index (κ1) is 9.68. The van der Waals surface area contributed by atoms with Crippen LogP contribution in [0.15, 0.2) is 0 Å². The van der Waals surface area contributed by atoms with Crippen LogP contribution in [0.5, 0.6) is 0 Å². The van der Waals surface area contributed by atoms with Crippen molar-refractivity contribution in [3.8, 4) is 0 Å². The third-order valence-electron chi connectivity index (χ3n) is 2.50. The van der Waals surface area contributed by atoms with Crippen LogP contribution in [0.4, 0.5) is 0 Å². The third-order valence-corrected chi connectivity index (χ3v) is 2.50. The summed E-state index contributed by atoms with van der Waals surface area (Å²) >= 11 is 0. The van der Waals surface area contributed by atoms with Crippen molar-refractivity contribution in [2.24, 2.45) is 5.92 Å². The predicted octanol–water partition coefficient (Wildman–Crippen LogP) is 0.326. The molecule has 0 bridgehead atoms. The smallest absolute Gasteiger partial charge is 0.149 e. The SMILES string of the molecule is CNCC(=O)C1CCC(O)CC1. The van der Waals surface area contributed by atoms with Gasteiger partial charge in [-0.15, -0.1) is 0 Å². The number of carbonyl (C=O) groups excluding carboxylic acids is 1. The topological polar surface area (TPSA) is 49.3 Å². The molecule has 0 aliphatic heterocycles. The molecule has 1 saturated carbocycles. The van der Waals surface area contributed by atoms with Gasteiger partial charge in [0.2, 0.25) is 0 Å². The molecule has 3 heteroatoms. The predicted molar refractivity (Wildman–Crippen MR) is 46.9 cm³/mol. The summed E-state index contributed by atoms with van der Waals surface area (Å²) in [5.74, 6) is 0.491. The maximum atomic E-state index is 11.4. The van der Waals surface area contributed by atoms with Gasteiger partial charge in [0.05, 0.1) is 12.6 Å². The van der Waals surface area contributed by atoms with Crippen LogP contribution in [0.1, 0.15) is 25.7 Å². The number of hydrogen-bond acceptors (Lipinski definition) is 3. The number of aliphatic hydroxyl groups excluding tert-OH is 1. The van der Waals surface area contributed by atoms with Crippen molar-refractivity contribution in [3.63, 3.8) is 0 Å². The zero-order chi connectivity index (χ0) is 8.97. The Hall–Kier alpha value is -0.410. The number of rotatable bonds is 3. The van der Waals surface area contributed by atoms with Gasteiger partial charge >= 0.3 is 0 Å². The second kappa shape index (κ2) is 4.58. The first-order valence-corrected chi connectivity index (χ1v) is 4.59. The Morgan fingerprint density at radius 1 is 1.42 bits per heavy atom. The number of aliphatic hydroxyl groups is 1. The molecule has 0 amide bonds. The van der Waals surface area contributed by atoms with Crippen molar-refractivity contribution in [2.45, 2.75) is 31.8 Å². The number of nitrogens with one attached hydrogen (secondary N) is 1. The van der Waals surface area contributed by atoms with Crippen molar-refractivity contribution in [1.82, 2.24) is 5.32 Å². The molecule has 0 heterocycles. The van der Waals surface area contributed by atoms with Crippen molar-refractivity contribution >= 4 is 5.78 Å². The standard InChI is InChI=1S/C9H17NO2/c1-10-6-9(12)7-2-4-8(11)5-3-7/h7-8,10-11H,2-6H2,1H3. The lowest BCUT2D eigenvalue weighted by Crippen LogP contribution is -2.30. The quantitative estimate of drug-likeness (QED) is 0.643. The molecule has 3 nitrogen and oxygen atoms in total. The van der Waals surface area contributed by atoms with E-state index in [1.165, 1.54) is 0 Å². The van der Waals surface area contributed by atoms with E-state index in [0.717, 1.165) is 25.7 Å². The molecule has 1 aliphatic rings. The van der Waals surface area contributed by atoms with Gasteiger partial charge < -0.3 is 10.4 Å². The summed E-state index contributed by atoms with van der Waals surface area (Å²) in [6, 6.07) is 0. The Kier molecular flexibility index (Phi) is 3.69. The average Bonchev–Trinajstić information content (AvgIpc) is 2.06. The summed E-state index contributed by atoms with van der Waals surface area (Å²) in [5, 5.41) is 12.1. The Morgan fingerprint density at radius 2 is 2.00 bits per heavy atom.